The fourth-order valence-corrected chi connectivity index (χ4v) is 4.04. The lowest BCUT2D eigenvalue weighted by Gasteiger charge is -2.08. The summed E-state index contributed by atoms with van der Waals surface area (Å²) in [4.78, 5) is 0. The zero-order chi connectivity index (χ0) is 22.6. The highest BCUT2D eigenvalue weighted by molar-refractivity contribution is 7.80. The van der Waals surface area contributed by atoms with E-state index < -0.39 is 0 Å². The van der Waals surface area contributed by atoms with E-state index in [-0.39, 0.29) is 0 Å². The smallest absolute Gasteiger partial charge is 0.175 e. The Balaban J connectivity index is 1.19. The standard InChI is InChI=1S/C26H24N6S/c1-19-9-11-20(12-10-19)15-31-17-23(13-27-31)29-26(33)30-24-14-28-32(18-24)16-22-7-4-6-21-5-2-3-8-25(21)22/h2-14,17-18H,15-16H2,1H3,(H2,29,30,33). The van der Waals surface area contributed by atoms with E-state index in [4.69, 9.17) is 12.2 Å². The minimum Gasteiger partial charge on any atom is -0.330 e. The molecule has 33 heavy (non-hydrogen) atoms. The first kappa shape index (κ1) is 20.9. The fourth-order valence-electron chi connectivity index (χ4n) is 3.81. The van der Waals surface area contributed by atoms with Crippen molar-refractivity contribution in [1.29, 1.82) is 0 Å². The lowest BCUT2D eigenvalue weighted by molar-refractivity contribution is 0.687. The molecule has 2 heterocycles. The minimum absolute atomic E-state index is 0.495. The summed E-state index contributed by atoms with van der Waals surface area (Å²) in [5.41, 5.74) is 5.35. The van der Waals surface area contributed by atoms with Crippen LogP contribution < -0.4 is 10.6 Å². The van der Waals surface area contributed by atoms with Crippen LogP contribution >= 0.6 is 12.2 Å². The van der Waals surface area contributed by atoms with Gasteiger partial charge in [-0.1, -0.05) is 72.3 Å². The molecule has 164 valence electrons. The largest absolute Gasteiger partial charge is 0.330 e. The number of benzene rings is 3. The van der Waals surface area contributed by atoms with E-state index in [0.29, 0.717) is 18.2 Å². The van der Waals surface area contributed by atoms with Crippen LogP contribution in [0, 0.1) is 6.92 Å². The van der Waals surface area contributed by atoms with E-state index in [1.165, 1.54) is 27.5 Å². The number of fused-ring (bicyclic) bond motifs is 1. The van der Waals surface area contributed by atoms with E-state index in [0.717, 1.165) is 11.4 Å². The Morgan fingerprint density at radius 3 is 2.15 bits per heavy atom. The van der Waals surface area contributed by atoms with Crippen molar-refractivity contribution in [3.05, 3.63) is 108 Å². The highest BCUT2D eigenvalue weighted by Gasteiger charge is 2.06. The molecular formula is C26H24N6S. The highest BCUT2D eigenvalue weighted by Crippen LogP contribution is 2.20. The predicted molar refractivity (Wildman–Crippen MR) is 138 cm³/mol. The second-order valence-electron chi connectivity index (χ2n) is 8.06. The summed E-state index contributed by atoms with van der Waals surface area (Å²) in [6.07, 6.45) is 7.44. The molecule has 2 aromatic heterocycles. The number of nitrogens with zero attached hydrogens (tertiary/aromatic N) is 4. The van der Waals surface area contributed by atoms with Crippen LogP contribution in [0.2, 0.25) is 0 Å². The molecule has 0 unspecified atom stereocenters. The van der Waals surface area contributed by atoms with Crippen LogP contribution in [-0.4, -0.2) is 24.7 Å². The van der Waals surface area contributed by atoms with Crippen molar-refractivity contribution in [2.24, 2.45) is 0 Å². The third kappa shape index (κ3) is 5.10. The molecule has 0 spiro atoms. The molecule has 0 aliphatic carbocycles. The first-order valence-electron chi connectivity index (χ1n) is 10.8. The fraction of sp³-hybridized carbons (Fsp3) is 0.115. The van der Waals surface area contributed by atoms with Crippen molar-refractivity contribution in [2.75, 3.05) is 10.6 Å². The lowest BCUT2D eigenvalue weighted by Crippen LogP contribution is -2.18. The number of thiocarbonyl (C=S) groups is 1. The molecule has 0 amide bonds. The summed E-state index contributed by atoms with van der Waals surface area (Å²) >= 11 is 5.48. The number of anilines is 2. The second kappa shape index (κ2) is 9.26. The van der Waals surface area contributed by atoms with Crippen LogP contribution in [0.4, 0.5) is 11.4 Å². The topological polar surface area (TPSA) is 59.7 Å². The van der Waals surface area contributed by atoms with Crippen LogP contribution in [0.1, 0.15) is 16.7 Å². The molecule has 0 aliphatic heterocycles. The molecule has 5 rings (SSSR count). The van der Waals surface area contributed by atoms with Gasteiger partial charge in [-0.25, -0.2) is 0 Å². The van der Waals surface area contributed by atoms with Crippen molar-refractivity contribution in [3.63, 3.8) is 0 Å². The number of aryl methyl sites for hydroxylation is 1. The quantitative estimate of drug-likeness (QED) is 0.336. The Hall–Kier alpha value is -3.97. The van der Waals surface area contributed by atoms with Crippen LogP contribution in [0.3, 0.4) is 0 Å². The van der Waals surface area contributed by atoms with Crippen molar-refractivity contribution in [1.82, 2.24) is 19.6 Å². The number of rotatable bonds is 6. The molecule has 6 nitrogen and oxygen atoms in total. The monoisotopic (exact) mass is 452 g/mol. The molecule has 7 heteroatoms. The van der Waals surface area contributed by atoms with E-state index in [1.807, 2.05) is 21.8 Å². The third-order valence-corrected chi connectivity index (χ3v) is 5.66. The number of hydrogen-bond acceptors (Lipinski definition) is 3. The Bertz CT molecular complexity index is 1390. The SMILES string of the molecule is Cc1ccc(Cn2cc(NC(=S)Nc3cnn(Cc4cccc5ccccc45)c3)cn2)cc1. The van der Waals surface area contributed by atoms with Gasteiger partial charge in [0, 0.05) is 12.4 Å². The Morgan fingerprint density at radius 2 is 1.42 bits per heavy atom. The molecule has 0 fully saturated rings. The van der Waals surface area contributed by atoms with Crippen molar-refractivity contribution in [2.45, 2.75) is 20.0 Å². The first-order chi connectivity index (χ1) is 16.1. The van der Waals surface area contributed by atoms with E-state index in [1.54, 1.807) is 12.4 Å². The van der Waals surface area contributed by atoms with Gasteiger partial charge < -0.3 is 10.6 Å². The zero-order valence-corrected chi connectivity index (χ0v) is 19.1. The van der Waals surface area contributed by atoms with Gasteiger partial charge in [0.2, 0.25) is 0 Å². The van der Waals surface area contributed by atoms with Crippen LogP contribution in [0.15, 0.2) is 91.5 Å². The molecule has 0 atom stereocenters. The summed E-state index contributed by atoms with van der Waals surface area (Å²) in [6.45, 7) is 3.49. The van der Waals surface area contributed by atoms with E-state index in [2.05, 4.69) is 94.5 Å². The summed E-state index contributed by atoms with van der Waals surface area (Å²) in [5, 5.41) is 18.3. The van der Waals surface area contributed by atoms with Gasteiger partial charge in [0.15, 0.2) is 5.11 Å². The van der Waals surface area contributed by atoms with Gasteiger partial charge in [-0.2, -0.15) is 10.2 Å². The molecule has 2 N–H and O–H groups in total. The van der Waals surface area contributed by atoms with Gasteiger partial charge in [-0.05, 0) is 41.0 Å². The summed E-state index contributed by atoms with van der Waals surface area (Å²) in [6, 6.07) is 23.2. The van der Waals surface area contributed by atoms with Gasteiger partial charge >= 0.3 is 0 Å². The van der Waals surface area contributed by atoms with E-state index >= 15 is 0 Å². The van der Waals surface area contributed by atoms with Gasteiger partial charge in [0.25, 0.3) is 0 Å². The normalized spacial score (nSPS) is 10.9. The molecule has 0 aliphatic rings. The summed E-state index contributed by atoms with van der Waals surface area (Å²) in [5.74, 6) is 0. The van der Waals surface area contributed by atoms with Crippen molar-refractivity contribution >= 4 is 39.5 Å². The molecule has 0 radical (unpaired) electrons. The average Bonchev–Trinajstić information content (AvgIpc) is 3.44. The molecular weight excluding hydrogens is 428 g/mol. The van der Waals surface area contributed by atoms with Crippen molar-refractivity contribution < 1.29 is 0 Å². The van der Waals surface area contributed by atoms with Crippen LogP contribution in [0.25, 0.3) is 10.8 Å². The van der Waals surface area contributed by atoms with Crippen molar-refractivity contribution in [3.8, 4) is 0 Å². The summed E-state index contributed by atoms with van der Waals surface area (Å²) in [7, 11) is 0. The maximum Gasteiger partial charge on any atom is 0.175 e. The zero-order valence-electron chi connectivity index (χ0n) is 18.3. The summed E-state index contributed by atoms with van der Waals surface area (Å²) < 4.78 is 3.80. The molecule has 3 aromatic carbocycles. The minimum atomic E-state index is 0.495. The predicted octanol–water partition coefficient (Wildman–Crippen LogP) is 5.45. The van der Waals surface area contributed by atoms with Gasteiger partial charge in [-0.3, -0.25) is 9.36 Å². The maximum absolute atomic E-state index is 5.48. The second-order valence-corrected chi connectivity index (χ2v) is 8.46. The molecule has 0 saturated carbocycles. The maximum atomic E-state index is 5.48. The molecule has 0 bridgehead atoms. The Morgan fingerprint density at radius 1 is 0.788 bits per heavy atom. The van der Waals surface area contributed by atoms with E-state index in [9.17, 15) is 0 Å². The lowest BCUT2D eigenvalue weighted by atomic mass is 10.0. The van der Waals surface area contributed by atoms with Gasteiger partial charge in [-0.15, -0.1) is 0 Å². The van der Waals surface area contributed by atoms with Crippen LogP contribution in [0.5, 0.6) is 0 Å². The number of aromatic nitrogens is 4. The highest BCUT2D eigenvalue weighted by atomic mass is 32.1. The molecule has 5 aromatic rings. The van der Waals surface area contributed by atoms with Gasteiger partial charge in [0.05, 0.1) is 36.9 Å². The number of nitrogens with one attached hydrogen (secondary N) is 2. The number of hydrogen-bond donors (Lipinski definition) is 2. The molecule has 0 saturated heterocycles. The first-order valence-corrected chi connectivity index (χ1v) is 11.2. The van der Waals surface area contributed by atoms with Gasteiger partial charge in [0.1, 0.15) is 0 Å². The van der Waals surface area contributed by atoms with Crippen LogP contribution in [-0.2, 0) is 13.1 Å². The Labute approximate surface area is 197 Å². The average molecular weight is 453 g/mol. The Kier molecular flexibility index (Phi) is 5.87. The third-order valence-electron chi connectivity index (χ3n) is 5.46.